The van der Waals surface area contributed by atoms with Gasteiger partial charge in [-0.1, -0.05) is 0 Å². The van der Waals surface area contributed by atoms with Crippen LogP contribution in [0.4, 0.5) is 5.82 Å². The predicted octanol–water partition coefficient (Wildman–Crippen LogP) is 2.90. The number of nitrogens with one attached hydrogen (secondary N) is 1. The average Bonchev–Trinajstić information content (AvgIpc) is 2.73. The highest BCUT2D eigenvalue weighted by Crippen LogP contribution is 2.21. The van der Waals surface area contributed by atoms with Crippen molar-refractivity contribution >= 4 is 27.0 Å². The molecule has 6 heteroatoms. The Labute approximate surface area is 123 Å². The molecule has 4 nitrogen and oxygen atoms in total. The normalized spacial score (nSPS) is 13.2. The fourth-order valence-electron chi connectivity index (χ4n) is 1.98. The van der Waals surface area contributed by atoms with Crippen LogP contribution in [0.3, 0.4) is 0 Å². The van der Waals surface area contributed by atoms with E-state index in [0.717, 1.165) is 6.42 Å². The van der Waals surface area contributed by atoms with Crippen LogP contribution in [-0.4, -0.2) is 25.7 Å². The summed E-state index contributed by atoms with van der Waals surface area (Å²) in [5.41, 5.74) is 0. The van der Waals surface area contributed by atoms with Gasteiger partial charge in [-0.15, -0.1) is 11.3 Å². The molecule has 1 N–H and O–H groups in total. The minimum Gasteiger partial charge on any atom is -0.366 e. The fraction of sp³-hybridized carbons (Fsp3) is 0.357. The number of anilines is 1. The molecule has 0 aliphatic heterocycles. The Morgan fingerprint density at radius 2 is 2.10 bits per heavy atom. The molecular weight excluding hydrogens is 292 g/mol. The topological polar surface area (TPSA) is 59.1 Å². The molecule has 0 amide bonds. The van der Waals surface area contributed by atoms with Gasteiger partial charge in [0.05, 0.1) is 0 Å². The smallest absolute Gasteiger partial charge is 0.179 e. The van der Waals surface area contributed by atoms with Crippen molar-refractivity contribution in [3.63, 3.8) is 0 Å². The van der Waals surface area contributed by atoms with Crippen molar-refractivity contribution in [1.29, 1.82) is 0 Å². The first kappa shape index (κ1) is 15.0. The number of sulfone groups is 1. The van der Waals surface area contributed by atoms with Crippen LogP contribution in [0.2, 0.25) is 0 Å². The molecule has 0 saturated heterocycles. The highest BCUT2D eigenvalue weighted by molar-refractivity contribution is 7.90. The van der Waals surface area contributed by atoms with Gasteiger partial charge in [0.25, 0.3) is 0 Å². The fourth-order valence-corrected chi connectivity index (χ4v) is 3.79. The van der Waals surface area contributed by atoms with E-state index in [1.165, 1.54) is 16.0 Å². The van der Waals surface area contributed by atoms with Gasteiger partial charge >= 0.3 is 0 Å². The molecule has 2 aromatic rings. The van der Waals surface area contributed by atoms with Crippen molar-refractivity contribution in [1.82, 2.24) is 4.98 Å². The number of rotatable bonds is 5. The number of aryl methyl sites for hydroxylation is 1. The van der Waals surface area contributed by atoms with Crippen molar-refractivity contribution in [2.45, 2.75) is 31.2 Å². The quantitative estimate of drug-likeness (QED) is 0.922. The Morgan fingerprint density at radius 3 is 2.70 bits per heavy atom. The third-order valence-electron chi connectivity index (χ3n) is 2.86. The second kappa shape index (κ2) is 5.93. The summed E-state index contributed by atoms with van der Waals surface area (Å²) in [6, 6.07) is 7.52. The summed E-state index contributed by atoms with van der Waals surface area (Å²) < 4.78 is 23.4. The van der Waals surface area contributed by atoms with E-state index in [9.17, 15) is 8.42 Å². The Balaban J connectivity index is 2.14. The van der Waals surface area contributed by atoms with Crippen molar-refractivity contribution in [2.24, 2.45) is 0 Å². The monoisotopic (exact) mass is 310 g/mol. The SMILES string of the molecule is Cc1ccc(CC(C)Nc2ncccc2S(C)(=O)=O)s1. The molecule has 0 saturated carbocycles. The zero-order valence-corrected chi connectivity index (χ0v) is 13.4. The molecule has 0 aliphatic rings. The maximum atomic E-state index is 11.7. The lowest BCUT2D eigenvalue weighted by atomic mass is 10.2. The molecule has 1 atom stereocenters. The molecule has 1 unspecified atom stereocenters. The third kappa shape index (κ3) is 3.80. The van der Waals surface area contributed by atoms with Crippen molar-refractivity contribution in [3.05, 3.63) is 40.2 Å². The van der Waals surface area contributed by atoms with Crippen LogP contribution in [0.5, 0.6) is 0 Å². The highest BCUT2D eigenvalue weighted by Gasteiger charge is 2.15. The zero-order valence-electron chi connectivity index (χ0n) is 11.8. The number of aromatic nitrogens is 1. The van der Waals surface area contributed by atoms with E-state index >= 15 is 0 Å². The minimum absolute atomic E-state index is 0.114. The van der Waals surface area contributed by atoms with Gasteiger partial charge < -0.3 is 5.32 Å². The van der Waals surface area contributed by atoms with E-state index < -0.39 is 9.84 Å². The third-order valence-corrected chi connectivity index (χ3v) is 5.01. The van der Waals surface area contributed by atoms with E-state index in [-0.39, 0.29) is 10.9 Å². The summed E-state index contributed by atoms with van der Waals surface area (Å²) in [6.45, 7) is 4.10. The molecule has 20 heavy (non-hydrogen) atoms. The molecule has 108 valence electrons. The standard InChI is InChI=1S/C14H18N2O2S2/c1-10(9-12-7-6-11(2)19-12)16-14-13(20(3,17)18)5-4-8-15-14/h4-8,10H,9H2,1-3H3,(H,15,16). The molecule has 0 fully saturated rings. The predicted molar refractivity (Wildman–Crippen MR) is 83.2 cm³/mol. The first-order chi connectivity index (χ1) is 9.36. The average molecular weight is 310 g/mol. The number of thiophene rings is 1. The van der Waals surface area contributed by atoms with Crippen LogP contribution in [0.1, 0.15) is 16.7 Å². The van der Waals surface area contributed by atoms with Gasteiger partial charge in [0.15, 0.2) is 9.84 Å². The van der Waals surface area contributed by atoms with Gasteiger partial charge in [-0.05, 0) is 38.1 Å². The minimum atomic E-state index is -3.27. The van der Waals surface area contributed by atoms with Crippen LogP contribution in [0, 0.1) is 6.92 Å². The number of hydrogen-bond donors (Lipinski definition) is 1. The van der Waals surface area contributed by atoms with Crippen LogP contribution in [0.15, 0.2) is 35.4 Å². The molecule has 0 aliphatic carbocycles. The van der Waals surface area contributed by atoms with E-state index in [1.54, 1.807) is 29.7 Å². The summed E-state index contributed by atoms with van der Waals surface area (Å²) in [5.74, 6) is 0.427. The van der Waals surface area contributed by atoms with Gasteiger partial charge in [0, 0.05) is 34.7 Å². The number of pyridine rings is 1. The van der Waals surface area contributed by atoms with Crippen LogP contribution < -0.4 is 5.32 Å². The largest absolute Gasteiger partial charge is 0.366 e. The highest BCUT2D eigenvalue weighted by atomic mass is 32.2. The lowest BCUT2D eigenvalue weighted by molar-refractivity contribution is 0.601. The lowest BCUT2D eigenvalue weighted by Gasteiger charge is -2.15. The summed E-state index contributed by atoms with van der Waals surface area (Å²) in [7, 11) is -3.27. The van der Waals surface area contributed by atoms with Crippen LogP contribution in [0.25, 0.3) is 0 Å². The molecule has 0 aromatic carbocycles. The van der Waals surface area contributed by atoms with Gasteiger partial charge in [0.2, 0.25) is 0 Å². The first-order valence-corrected chi connectivity index (χ1v) is 9.04. The second-order valence-corrected chi connectivity index (χ2v) is 8.24. The zero-order chi connectivity index (χ0) is 14.8. The van der Waals surface area contributed by atoms with Gasteiger partial charge in [-0.2, -0.15) is 0 Å². The van der Waals surface area contributed by atoms with E-state index in [1.807, 2.05) is 6.92 Å². The van der Waals surface area contributed by atoms with Crippen LogP contribution >= 0.6 is 11.3 Å². The maximum absolute atomic E-state index is 11.7. The van der Waals surface area contributed by atoms with Gasteiger partial charge in [-0.3, -0.25) is 0 Å². The van der Waals surface area contributed by atoms with Crippen molar-refractivity contribution < 1.29 is 8.42 Å². The first-order valence-electron chi connectivity index (χ1n) is 6.33. The molecule has 2 heterocycles. The summed E-state index contributed by atoms with van der Waals surface area (Å²) in [4.78, 5) is 6.95. The maximum Gasteiger partial charge on any atom is 0.179 e. The Kier molecular flexibility index (Phi) is 4.45. The van der Waals surface area contributed by atoms with E-state index in [4.69, 9.17) is 0 Å². The van der Waals surface area contributed by atoms with Gasteiger partial charge in [-0.25, -0.2) is 13.4 Å². The molecule has 0 bridgehead atoms. The summed E-state index contributed by atoms with van der Waals surface area (Å²) in [5, 5.41) is 3.19. The molecule has 2 rings (SSSR count). The number of hydrogen-bond acceptors (Lipinski definition) is 5. The lowest BCUT2D eigenvalue weighted by Crippen LogP contribution is -2.20. The Hall–Kier alpha value is -1.40. The molecular formula is C14H18N2O2S2. The molecule has 0 radical (unpaired) electrons. The second-order valence-electron chi connectivity index (χ2n) is 4.88. The summed E-state index contributed by atoms with van der Waals surface area (Å²) >= 11 is 1.76. The van der Waals surface area contributed by atoms with Crippen molar-refractivity contribution in [3.8, 4) is 0 Å². The van der Waals surface area contributed by atoms with Gasteiger partial charge in [0.1, 0.15) is 10.7 Å². The van der Waals surface area contributed by atoms with Crippen molar-refractivity contribution in [2.75, 3.05) is 11.6 Å². The Bertz CT molecular complexity index is 693. The van der Waals surface area contributed by atoms with E-state index in [2.05, 4.69) is 29.4 Å². The van der Waals surface area contributed by atoms with E-state index in [0.29, 0.717) is 5.82 Å². The summed E-state index contributed by atoms with van der Waals surface area (Å²) in [6.07, 6.45) is 3.64. The number of nitrogens with zero attached hydrogens (tertiary/aromatic N) is 1. The Morgan fingerprint density at radius 1 is 1.35 bits per heavy atom. The molecule has 0 spiro atoms. The van der Waals surface area contributed by atoms with Crippen LogP contribution in [-0.2, 0) is 16.3 Å². The molecule has 2 aromatic heterocycles.